The summed E-state index contributed by atoms with van der Waals surface area (Å²) in [6, 6.07) is 0.201. The van der Waals surface area contributed by atoms with Crippen LogP contribution in [0.2, 0.25) is 0 Å². The van der Waals surface area contributed by atoms with Crippen molar-refractivity contribution in [3.63, 3.8) is 0 Å². The third kappa shape index (κ3) is 5.14. The summed E-state index contributed by atoms with van der Waals surface area (Å²) in [6.45, 7) is 9.91. The van der Waals surface area contributed by atoms with E-state index in [0.717, 1.165) is 6.54 Å². The van der Waals surface area contributed by atoms with Crippen LogP contribution >= 0.6 is 0 Å². The fourth-order valence-electron chi connectivity index (χ4n) is 1.46. The summed E-state index contributed by atoms with van der Waals surface area (Å²) in [4.78, 5) is 13.3. The number of hydrogen-bond acceptors (Lipinski definition) is 3. The van der Waals surface area contributed by atoms with Crippen LogP contribution < -0.4 is 11.1 Å². The van der Waals surface area contributed by atoms with Crippen LogP contribution in [-0.2, 0) is 4.79 Å². The summed E-state index contributed by atoms with van der Waals surface area (Å²) >= 11 is 0. The molecule has 2 unspecified atom stereocenters. The standard InChI is InChI=1S/C11H25N3O/c1-6-13-10(11(12)15)7-14(5)9(4)8(2)3/h8-10,13H,6-7H2,1-5H3,(H2,12,15). The molecule has 4 nitrogen and oxygen atoms in total. The lowest BCUT2D eigenvalue weighted by Gasteiger charge is -2.30. The number of nitrogens with zero attached hydrogens (tertiary/aromatic N) is 1. The molecule has 1 amide bonds. The van der Waals surface area contributed by atoms with E-state index in [9.17, 15) is 4.79 Å². The molecule has 4 heteroatoms. The van der Waals surface area contributed by atoms with Gasteiger partial charge in [0.2, 0.25) is 5.91 Å². The molecule has 0 bridgehead atoms. The first-order valence-corrected chi connectivity index (χ1v) is 5.63. The number of carbonyl (C=O) groups excluding carboxylic acids is 1. The molecule has 0 aromatic carbocycles. The van der Waals surface area contributed by atoms with Crippen molar-refractivity contribution >= 4 is 5.91 Å². The molecule has 0 saturated heterocycles. The summed E-state index contributed by atoms with van der Waals surface area (Å²) in [7, 11) is 2.03. The molecule has 0 aliphatic rings. The van der Waals surface area contributed by atoms with Gasteiger partial charge in [-0.1, -0.05) is 20.8 Å². The topological polar surface area (TPSA) is 58.4 Å². The number of nitrogens with one attached hydrogen (secondary N) is 1. The van der Waals surface area contributed by atoms with Crippen LogP contribution in [0.25, 0.3) is 0 Å². The Kier molecular flexibility index (Phi) is 6.52. The number of likely N-dealkylation sites (N-methyl/N-ethyl adjacent to an activating group) is 2. The summed E-state index contributed by atoms with van der Waals surface area (Å²) in [6.07, 6.45) is 0. The highest BCUT2D eigenvalue weighted by atomic mass is 16.1. The van der Waals surface area contributed by atoms with E-state index in [-0.39, 0.29) is 11.9 Å². The van der Waals surface area contributed by atoms with Gasteiger partial charge in [-0.3, -0.25) is 4.79 Å². The molecular weight excluding hydrogens is 190 g/mol. The maximum Gasteiger partial charge on any atom is 0.235 e. The number of rotatable bonds is 7. The Hall–Kier alpha value is -0.610. The SMILES string of the molecule is CCNC(CN(C)C(C)C(C)C)C(N)=O. The molecule has 0 aliphatic heterocycles. The molecule has 0 fully saturated rings. The van der Waals surface area contributed by atoms with E-state index in [2.05, 4.69) is 31.0 Å². The molecule has 0 radical (unpaired) electrons. The molecule has 15 heavy (non-hydrogen) atoms. The van der Waals surface area contributed by atoms with Gasteiger partial charge in [0.1, 0.15) is 0 Å². The van der Waals surface area contributed by atoms with Crippen molar-refractivity contribution in [2.45, 2.75) is 39.8 Å². The van der Waals surface area contributed by atoms with E-state index in [1.54, 1.807) is 0 Å². The van der Waals surface area contributed by atoms with Crippen LogP contribution in [-0.4, -0.2) is 43.0 Å². The van der Waals surface area contributed by atoms with Gasteiger partial charge in [-0.25, -0.2) is 0 Å². The van der Waals surface area contributed by atoms with Gasteiger partial charge in [0.25, 0.3) is 0 Å². The van der Waals surface area contributed by atoms with E-state index in [1.807, 2.05) is 14.0 Å². The third-order valence-electron chi connectivity index (χ3n) is 2.92. The molecule has 2 atom stereocenters. The van der Waals surface area contributed by atoms with Gasteiger partial charge in [0.05, 0.1) is 6.04 Å². The van der Waals surface area contributed by atoms with Gasteiger partial charge in [-0.05, 0) is 26.4 Å². The minimum absolute atomic E-state index is 0.249. The van der Waals surface area contributed by atoms with Crippen molar-refractivity contribution in [3.05, 3.63) is 0 Å². The van der Waals surface area contributed by atoms with Gasteiger partial charge < -0.3 is 16.0 Å². The number of carbonyl (C=O) groups is 1. The number of hydrogen-bond donors (Lipinski definition) is 2. The highest BCUT2D eigenvalue weighted by Crippen LogP contribution is 2.08. The molecule has 3 N–H and O–H groups in total. The number of nitrogens with two attached hydrogens (primary N) is 1. The first kappa shape index (κ1) is 14.4. The van der Waals surface area contributed by atoms with Crippen molar-refractivity contribution in [2.75, 3.05) is 20.1 Å². The average molecular weight is 215 g/mol. The van der Waals surface area contributed by atoms with Crippen molar-refractivity contribution in [2.24, 2.45) is 11.7 Å². The molecular formula is C11H25N3O. The molecule has 0 aromatic rings. The second-order valence-electron chi connectivity index (χ2n) is 4.44. The predicted octanol–water partition coefficient (Wildman–Crippen LogP) is 0.426. The Morgan fingerprint density at radius 2 is 1.93 bits per heavy atom. The minimum Gasteiger partial charge on any atom is -0.368 e. The summed E-state index contributed by atoms with van der Waals surface area (Å²) in [5, 5.41) is 3.09. The second kappa shape index (κ2) is 6.80. The summed E-state index contributed by atoms with van der Waals surface area (Å²) in [5.74, 6) is 0.296. The van der Waals surface area contributed by atoms with Crippen molar-refractivity contribution < 1.29 is 4.79 Å². The maximum atomic E-state index is 11.2. The lowest BCUT2D eigenvalue weighted by Crippen LogP contribution is -2.50. The monoisotopic (exact) mass is 215 g/mol. The Bertz CT molecular complexity index is 194. The van der Waals surface area contributed by atoms with Gasteiger partial charge >= 0.3 is 0 Å². The molecule has 90 valence electrons. The quantitative estimate of drug-likeness (QED) is 0.647. The summed E-state index contributed by atoms with van der Waals surface area (Å²) < 4.78 is 0. The molecule has 0 heterocycles. The molecule has 0 aliphatic carbocycles. The zero-order valence-electron chi connectivity index (χ0n) is 10.6. The first-order chi connectivity index (χ1) is 6.90. The average Bonchev–Trinajstić information content (AvgIpc) is 2.15. The van der Waals surface area contributed by atoms with Crippen LogP contribution in [0.5, 0.6) is 0 Å². The highest BCUT2D eigenvalue weighted by molar-refractivity contribution is 5.80. The lowest BCUT2D eigenvalue weighted by molar-refractivity contribution is -0.120. The molecule has 0 saturated carbocycles. The van der Waals surface area contributed by atoms with E-state index < -0.39 is 0 Å². The highest BCUT2D eigenvalue weighted by Gasteiger charge is 2.20. The number of primary amides is 1. The van der Waals surface area contributed by atoms with Crippen molar-refractivity contribution in [1.29, 1.82) is 0 Å². The fraction of sp³-hybridized carbons (Fsp3) is 0.909. The van der Waals surface area contributed by atoms with E-state index in [0.29, 0.717) is 18.5 Å². The Morgan fingerprint density at radius 1 is 1.40 bits per heavy atom. The second-order valence-corrected chi connectivity index (χ2v) is 4.44. The van der Waals surface area contributed by atoms with Crippen LogP contribution in [0.3, 0.4) is 0 Å². The van der Waals surface area contributed by atoms with Crippen LogP contribution in [0.4, 0.5) is 0 Å². The maximum absolute atomic E-state index is 11.2. The Labute approximate surface area is 93.2 Å². The van der Waals surface area contributed by atoms with E-state index >= 15 is 0 Å². The van der Waals surface area contributed by atoms with Crippen molar-refractivity contribution in [1.82, 2.24) is 10.2 Å². The van der Waals surface area contributed by atoms with Gasteiger partial charge in [-0.2, -0.15) is 0 Å². The summed E-state index contributed by atoms with van der Waals surface area (Å²) in [5.41, 5.74) is 5.32. The minimum atomic E-state index is -0.278. The number of amides is 1. The van der Waals surface area contributed by atoms with Crippen molar-refractivity contribution in [3.8, 4) is 0 Å². The van der Waals surface area contributed by atoms with Gasteiger partial charge in [0.15, 0.2) is 0 Å². The van der Waals surface area contributed by atoms with Gasteiger partial charge in [0, 0.05) is 12.6 Å². The zero-order valence-corrected chi connectivity index (χ0v) is 10.6. The van der Waals surface area contributed by atoms with Crippen LogP contribution in [0, 0.1) is 5.92 Å². The van der Waals surface area contributed by atoms with Crippen LogP contribution in [0.15, 0.2) is 0 Å². The van der Waals surface area contributed by atoms with E-state index in [4.69, 9.17) is 5.73 Å². The van der Waals surface area contributed by atoms with Crippen LogP contribution in [0.1, 0.15) is 27.7 Å². The smallest absolute Gasteiger partial charge is 0.235 e. The fourth-order valence-corrected chi connectivity index (χ4v) is 1.46. The Balaban J connectivity index is 4.21. The normalized spacial score (nSPS) is 15.7. The third-order valence-corrected chi connectivity index (χ3v) is 2.92. The molecule has 0 spiro atoms. The first-order valence-electron chi connectivity index (χ1n) is 5.63. The zero-order chi connectivity index (χ0) is 12.0. The van der Waals surface area contributed by atoms with E-state index in [1.165, 1.54) is 0 Å². The molecule has 0 aromatic heterocycles. The Morgan fingerprint density at radius 3 is 2.27 bits per heavy atom. The lowest BCUT2D eigenvalue weighted by atomic mass is 10.0. The predicted molar refractivity (Wildman–Crippen MR) is 63.6 cm³/mol. The largest absolute Gasteiger partial charge is 0.368 e. The molecule has 0 rings (SSSR count). The van der Waals surface area contributed by atoms with Gasteiger partial charge in [-0.15, -0.1) is 0 Å².